The number of pyridine rings is 1. The summed E-state index contributed by atoms with van der Waals surface area (Å²) in [5, 5.41) is 0. The van der Waals surface area contributed by atoms with Crippen LogP contribution in [-0.4, -0.2) is 42.5 Å². The number of nitrogens with zero attached hydrogens (tertiary/aromatic N) is 2. The molecule has 1 fully saturated rings. The fourth-order valence-electron chi connectivity index (χ4n) is 3.11. The first kappa shape index (κ1) is 17.0. The van der Waals surface area contributed by atoms with Gasteiger partial charge in [-0.3, -0.25) is 9.78 Å². The lowest BCUT2D eigenvalue weighted by Gasteiger charge is -2.25. The number of esters is 1. The Morgan fingerprint density at radius 3 is 2.72 bits per heavy atom. The highest BCUT2D eigenvalue weighted by molar-refractivity contribution is 5.94. The average Bonchev–Trinajstić information content (AvgIpc) is 3.16. The number of ether oxygens (including phenoxy) is 2. The van der Waals surface area contributed by atoms with Crippen molar-refractivity contribution < 1.29 is 19.1 Å². The second-order valence-electron chi connectivity index (χ2n) is 5.86. The number of likely N-dealkylation sites (tertiary alicyclic amines) is 1. The van der Waals surface area contributed by atoms with Crippen LogP contribution in [0.25, 0.3) is 0 Å². The number of aromatic nitrogens is 1. The predicted molar refractivity (Wildman–Crippen MR) is 91.6 cm³/mol. The van der Waals surface area contributed by atoms with Crippen LogP contribution in [-0.2, 0) is 4.74 Å². The molecular formula is C19H20N2O4. The highest BCUT2D eigenvalue weighted by atomic mass is 16.5. The average molecular weight is 340 g/mol. The van der Waals surface area contributed by atoms with Crippen molar-refractivity contribution in [3.8, 4) is 5.75 Å². The number of carbonyl (C=O) groups is 2. The number of hydrogen-bond acceptors (Lipinski definition) is 5. The molecule has 0 saturated carbocycles. The van der Waals surface area contributed by atoms with Crippen LogP contribution >= 0.6 is 0 Å². The lowest BCUT2D eigenvalue weighted by Crippen LogP contribution is -2.31. The van der Waals surface area contributed by atoms with E-state index in [1.165, 1.54) is 13.3 Å². The zero-order chi connectivity index (χ0) is 17.8. The van der Waals surface area contributed by atoms with E-state index in [0.717, 1.165) is 24.2 Å². The van der Waals surface area contributed by atoms with Crippen molar-refractivity contribution in [3.63, 3.8) is 0 Å². The van der Waals surface area contributed by atoms with Gasteiger partial charge in [0.2, 0.25) is 0 Å². The van der Waals surface area contributed by atoms with Crippen molar-refractivity contribution in [1.82, 2.24) is 9.88 Å². The first-order valence-corrected chi connectivity index (χ1v) is 8.13. The smallest absolute Gasteiger partial charge is 0.339 e. The van der Waals surface area contributed by atoms with Crippen molar-refractivity contribution in [2.75, 3.05) is 20.8 Å². The molecule has 1 unspecified atom stereocenters. The van der Waals surface area contributed by atoms with Gasteiger partial charge >= 0.3 is 5.97 Å². The van der Waals surface area contributed by atoms with Gasteiger partial charge < -0.3 is 14.4 Å². The van der Waals surface area contributed by atoms with Gasteiger partial charge in [-0.2, -0.15) is 0 Å². The van der Waals surface area contributed by atoms with Gasteiger partial charge in [-0.15, -0.1) is 0 Å². The largest absolute Gasteiger partial charge is 0.497 e. The topological polar surface area (TPSA) is 68.7 Å². The third-order valence-electron chi connectivity index (χ3n) is 4.40. The molecule has 2 heterocycles. The van der Waals surface area contributed by atoms with Crippen LogP contribution in [0.3, 0.4) is 0 Å². The van der Waals surface area contributed by atoms with Crippen LogP contribution in [0.5, 0.6) is 5.75 Å². The van der Waals surface area contributed by atoms with E-state index in [1.54, 1.807) is 19.2 Å². The molecular weight excluding hydrogens is 320 g/mol. The molecule has 0 spiro atoms. The Morgan fingerprint density at radius 2 is 2.04 bits per heavy atom. The van der Waals surface area contributed by atoms with E-state index in [4.69, 9.17) is 4.74 Å². The number of carbonyl (C=O) groups excluding carboxylic acids is 2. The summed E-state index contributed by atoms with van der Waals surface area (Å²) in [5.41, 5.74) is 1.70. The third-order valence-corrected chi connectivity index (χ3v) is 4.40. The first-order valence-electron chi connectivity index (χ1n) is 8.13. The van der Waals surface area contributed by atoms with Crippen LogP contribution in [0, 0.1) is 0 Å². The van der Waals surface area contributed by atoms with E-state index in [0.29, 0.717) is 17.8 Å². The lowest BCUT2D eigenvalue weighted by molar-refractivity contribution is 0.0598. The Labute approximate surface area is 146 Å². The number of amides is 1. The molecule has 1 atom stereocenters. The van der Waals surface area contributed by atoms with Crippen molar-refractivity contribution in [2.24, 2.45) is 0 Å². The monoisotopic (exact) mass is 340 g/mol. The van der Waals surface area contributed by atoms with E-state index in [2.05, 4.69) is 9.72 Å². The van der Waals surface area contributed by atoms with Crippen LogP contribution in [0.1, 0.15) is 45.3 Å². The number of methoxy groups -OCH3 is 2. The molecule has 1 aromatic carbocycles. The zero-order valence-electron chi connectivity index (χ0n) is 14.3. The SMILES string of the molecule is COC(=O)c1ccc(C(=O)N2CCCC2c2cccc(OC)c2)nc1. The van der Waals surface area contributed by atoms with E-state index < -0.39 is 5.97 Å². The molecule has 1 aromatic heterocycles. The summed E-state index contributed by atoms with van der Waals surface area (Å²) in [7, 11) is 2.94. The molecule has 1 amide bonds. The maximum Gasteiger partial charge on any atom is 0.339 e. The van der Waals surface area contributed by atoms with Crippen molar-refractivity contribution in [1.29, 1.82) is 0 Å². The molecule has 1 saturated heterocycles. The van der Waals surface area contributed by atoms with Crippen LogP contribution in [0.4, 0.5) is 0 Å². The number of hydrogen-bond donors (Lipinski definition) is 0. The summed E-state index contributed by atoms with van der Waals surface area (Å²) < 4.78 is 9.93. The molecule has 3 rings (SSSR count). The summed E-state index contributed by atoms with van der Waals surface area (Å²) in [6.07, 6.45) is 3.21. The second kappa shape index (κ2) is 7.34. The molecule has 25 heavy (non-hydrogen) atoms. The molecule has 1 aliphatic heterocycles. The van der Waals surface area contributed by atoms with Crippen LogP contribution in [0.2, 0.25) is 0 Å². The van der Waals surface area contributed by atoms with Gasteiger partial charge in [0.15, 0.2) is 0 Å². The van der Waals surface area contributed by atoms with Crippen molar-refractivity contribution in [3.05, 3.63) is 59.4 Å². The quantitative estimate of drug-likeness (QED) is 0.801. The van der Waals surface area contributed by atoms with Gasteiger partial charge in [-0.25, -0.2) is 4.79 Å². The Hall–Kier alpha value is -2.89. The predicted octanol–water partition coefficient (Wildman–Crippen LogP) is 2.85. The normalized spacial score (nSPS) is 16.6. The molecule has 130 valence electrons. The van der Waals surface area contributed by atoms with E-state index in [-0.39, 0.29) is 11.9 Å². The standard InChI is InChI=1S/C19H20N2O4/c1-24-15-6-3-5-13(11-15)17-7-4-10-21(17)18(22)16-9-8-14(12-20-16)19(23)25-2/h3,5-6,8-9,11-12,17H,4,7,10H2,1-2H3. The number of rotatable bonds is 4. The van der Waals surface area contributed by atoms with E-state index >= 15 is 0 Å². The van der Waals surface area contributed by atoms with Crippen LogP contribution in [0.15, 0.2) is 42.6 Å². The van der Waals surface area contributed by atoms with Gasteiger partial charge in [0.05, 0.1) is 25.8 Å². The van der Waals surface area contributed by atoms with E-state index in [9.17, 15) is 9.59 Å². The maximum absolute atomic E-state index is 12.9. The highest BCUT2D eigenvalue weighted by Crippen LogP contribution is 2.34. The highest BCUT2D eigenvalue weighted by Gasteiger charge is 2.31. The molecule has 0 aliphatic carbocycles. The van der Waals surface area contributed by atoms with Crippen molar-refractivity contribution >= 4 is 11.9 Å². The molecule has 6 heteroatoms. The minimum atomic E-state index is -0.470. The van der Waals surface area contributed by atoms with Gasteiger partial charge in [-0.1, -0.05) is 12.1 Å². The maximum atomic E-state index is 12.9. The Kier molecular flexibility index (Phi) is 4.97. The molecule has 1 aliphatic rings. The first-order chi connectivity index (χ1) is 12.1. The Bertz CT molecular complexity index is 773. The second-order valence-corrected chi connectivity index (χ2v) is 5.86. The minimum Gasteiger partial charge on any atom is -0.497 e. The van der Waals surface area contributed by atoms with Gasteiger partial charge in [-0.05, 0) is 42.7 Å². The lowest BCUT2D eigenvalue weighted by atomic mass is 10.0. The molecule has 0 N–H and O–H groups in total. The zero-order valence-corrected chi connectivity index (χ0v) is 14.3. The van der Waals surface area contributed by atoms with Crippen LogP contribution < -0.4 is 4.74 Å². The Morgan fingerprint density at radius 1 is 1.20 bits per heavy atom. The summed E-state index contributed by atoms with van der Waals surface area (Å²) in [6, 6.07) is 10.9. The molecule has 0 radical (unpaired) electrons. The fraction of sp³-hybridized carbons (Fsp3) is 0.316. The van der Waals surface area contributed by atoms with Gasteiger partial charge in [0.25, 0.3) is 5.91 Å². The molecule has 2 aromatic rings. The summed E-state index contributed by atoms with van der Waals surface area (Å²) in [5.74, 6) is 0.168. The van der Waals surface area contributed by atoms with Gasteiger partial charge in [0, 0.05) is 12.7 Å². The van der Waals surface area contributed by atoms with Crippen molar-refractivity contribution in [2.45, 2.75) is 18.9 Å². The number of benzene rings is 1. The molecule has 6 nitrogen and oxygen atoms in total. The summed E-state index contributed by atoms with van der Waals surface area (Å²) in [4.78, 5) is 30.3. The molecule has 0 bridgehead atoms. The minimum absolute atomic E-state index is 0.00434. The van der Waals surface area contributed by atoms with Gasteiger partial charge in [0.1, 0.15) is 11.4 Å². The Balaban J connectivity index is 1.81. The summed E-state index contributed by atoms with van der Waals surface area (Å²) in [6.45, 7) is 0.682. The third kappa shape index (κ3) is 3.47. The van der Waals surface area contributed by atoms with E-state index in [1.807, 2.05) is 29.2 Å². The fourth-order valence-corrected chi connectivity index (χ4v) is 3.11. The summed E-state index contributed by atoms with van der Waals surface area (Å²) >= 11 is 0.